The quantitative estimate of drug-likeness (QED) is 0.0549. The summed E-state index contributed by atoms with van der Waals surface area (Å²) in [5.41, 5.74) is 0. The van der Waals surface area contributed by atoms with Gasteiger partial charge in [-0.15, -0.1) is 0 Å². The van der Waals surface area contributed by atoms with E-state index in [9.17, 15) is 149 Å². The molecule has 0 aliphatic heterocycles. The van der Waals surface area contributed by atoms with Crippen LogP contribution in [0.3, 0.4) is 0 Å². The molecule has 1 atom stereocenters. The highest BCUT2D eigenvalue weighted by molar-refractivity contribution is 5.29. The lowest BCUT2D eigenvalue weighted by Gasteiger charge is -2.40. The Morgan fingerprint density at radius 3 is 0.952 bits per heavy atom. The maximum atomic E-state index is 13.8. The second kappa shape index (κ2) is 17.4. The molecule has 38 heteroatoms. The van der Waals surface area contributed by atoms with Crippen molar-refractivity contribution in [3.63, 3.8) is 0 Å². The maximum Gasteiger partial charge on any atom is 0.453 e. The predicted molar refractivity (Wildman–Crippen MR) is 122 cm³/mol. The van der Waals surface area contributed by atoms with Crippen molar-refractivity contribution in [2.45, 2.75) is 123 Å². The van der Waals surface area contributed by atoms with Crippen molar-refractivity contribution in [2.75, 3.05) is 0 Å². The molecule has 0 fully saturated rings. The van der Waals surface area contributed by atoms with Crippen LogP contribution in [-0.2, 0) is 18.9 Å². The van der Waals surface area contributed by atoms with Crippen molar-refractivity contribution < 1.29 is 168 Å². The Kier molecular flexibility index (Phi) is 16.5. The number of hydrogen-bond acceptors (Lipinski definition) is 4. The number of ether oxygens (including phenoxy) is 4. The molecule has 0 amide bonds. The fourth-order valence-corrected chi connectivity index (χ4v) is 3.31. The van der Waals surface area contributed by atoms with Crippen LogP contribution in [0.1, 0.15) is 32.6 Å². The molecule has 0 rings (SSSR count). The summed E-state index contributed by atoms with van der Waals surface area (Å²) in [6.45, 7) is 1.23. The van der Waals surface area contributed by atoms with Crippen LogP contribution in [0, 0.1) is 0 Å². The molecule has 0 aliphatic carbocycles. The van der Waals surface area contributed by atoms with Gasteiger partial charge in [-0.3, -0.25) is 0 Å². The first-order valence-electron chi connectivity index (χ1n) is 14.2. The Hall–Kier alpha value is -3.06. The molecule has 0 aromatic heterocycles. The third-order valence-corrected chi connectivity index (χ3v) is 6.66. The van der Waals surface area contributed by atoms with Gasteiger partial charge in [-0.05, 0) is 6.42 Å². The van der Waals surface area contributed by atoms with E-state index in [1.807, 2.05) is 0 Å². The van der Waals surface area contributed by atoms with Crippen LogP contribution in [0.5, 0.6) is 0 Å². The third-order valence-electron chi connectivity index (χ3n) is 6.66. The summed E-state index contributed by atoms with van der Waals surface area (Å²) in [6.07, 6.45) is -80.0. The van der Waals surface area contributed by atoms with E-state index in [2.05, 4.69) is 0 Å². The normalized spacial score (nSPS) is 16.7. The van der Waals surface area contributed by atoms with Gasteiger partial charge in [0, 0.05) is 0 Å². The molecule has 1 unspecified atom stereocenters. The zero-order chi connectivity index (χ0) is 50.5. The minimum atomic E-state index is -9.21. The second-order valence-corrected chi connectivity index (χ2v) is 11.2. The van der Waals surface area contributed by atoms with Gasteiger partial charge in [-0.25, -0.2) is 32.1 Å². The van der Waals surface area contributed by atoms with E-state index in [4.69, 9.17) is 0 Å². The fourth-order valence-electron chi connectivity index (χ4n) is 3.31. The van der Waals surface area contributed by atoms with E-state index in [1.165, 1.54) is 11.7 Å². The van der Waals surface area contributed by atoms with Crippen molar-refractivity contribution in [1.82, 2.24) is 0 Å². The standard InChI is InChI=1S/C24H12F34O4/c1-2-3-4-5-6(25)11(31,32)14(37,38)17(43,44)59-19(47,48)21(51,52)61-23(55,56)24(57,58)62-22(53,54)20(49,50)60-18(45,46)16(41,42)15(39,40)13(35,36)12(33,34)9(28)7(26)8(27)10(29)30/h6H,2-5H2,1H3/b9-7+. The molecule has 0 N–H and O–H groups in total. The fraction of sp³-hybridized carbons (Fsp3) is 0.833. The molecule has 0 heterocycles. The molecular formula is C24H12F34O4. The molecule has 0 radical (unpaired) electrons. The minimum absolute atomic E-state index is 0.0429. The molecule has 0 aromatic rings. The Morgan fingerprint density at radius 2 is 0.661 bits per heavy atom. The van der Waals surface area contributed by atoms with Crippen LogP contribution >= 0.6 is 0 Å². The van der Waals surface area contributed by atoms with Crippen molar-refractivity contribution >= 4 is 0 Å². The van der Waals surface area contributed by atoms with E-state index in [0.29, 0.717) is 0 Å². The summed E-state index contributed by atoms with van der Waals surface area (Å²) >= 11 is 0. The van der Waals surface area contributed by atoms with Crippen molar-refractivity contribution in [3.8, 4) is 0 Å². The summed E-state index contributed by atoms with van der Waals surface area (Å²) in [7, 11) is 0. The largest absolute Gasteiger partial charge is 0.453 e. The van der Waals surface area contributed by atoms with Gasteiger partial charge in [0.05, 0.1) is 0 Å². The first kappa shape index (κ1) is 58.9. The molecule has 0 bridgehead atoms. The maximum absolute atomic E-state index is 13.8. The first-order chi connectivity index (χ1) is 26.7. The van der Waals surface area contributed by atoms with Crippen LogP contribution in [0.25, 0.3) is 0 Å². The van der Waals surface area contributed by atoms with Gasteiger partial charge in [-0.1, -0.05) is 26.2 Å². The lowest BCUT2D eigenvalue weighted by atomic mass is 9.96. The average molecular weight is 1010 g/mol. The zero-order valence-electron chi connectivity index (χ0n) is 27.9. The molecule has 0 aliphatic rings. The molecule has 0 aromatic carbocycles. The first-order valence-corrected chi connectivity index (χ1v) is 14.2. The van der Waals surface area contributed by atoms with Gasteiger partial charge in [-0.2, -0.15) is 136 Å². The van der Waals surface area contributed by atoms with Crippen molar-refractivity contribution in [3.05, 3.63) is 23.6 Å². The van der Waals surface area contributed by atoms with E-state index in [1.54, 1.807) is 0 Å². The van der Waals surface area contributed by atoms with Gasteiger partial charge < -0.3 is 0 Å². The average Bonchev–Trinajstić information content (AvgIpc) is 3.04. The Bertz CT molecular complexity index is 1610. The van der Waals surface area contributed by atoms with Gasteiger partial charge in [0.25, 0.3) is 0 Å². The number of allylic oxidation sites excluding steroid dienone is 3. The molecule has 0 saturated heterocycles. The summed E-state index contributed by atoms with van der Waals surface area (Å²) in [6, 6.07) is 0. The van der Waals surface area contributed by atoms with Crippen molar-refractivity contribution in [1.29, 1.82) is 0 Å². The van der Waals surface area contributed by atoms with Crippen molar-refractivity contribution in [2.24, 2.45) is 0 Å². The van der Waals surface area contributed by atoms with E-state index >= 15 is 0 Å². The number of halogens is 34. The minimum Gasteiger partial charge on any atom is -0.243 e. The monoisotopic (exact) mass is 1010 g/mol. The van der Waals surface area contributed by atoms with Gasteiger partial charge in [0.15, 0.2) is 6.17 Å². The van der Waals surface area contributed by atoms with Gasteiger partial charge >= 0.3 is 90.5 Å². The topological polar surface area (TPSA) is 36.9 Å². The molecule has 4 nitrogen and oxygen atoms in total. The number of alkyl halides is 29. The van der Waals surface area contributed by atoms with Gasteiger partial charge in [0.1, 0.15) is 0 Å². The smallest absolute Gasteiger partial charge is 0.243 e. The van der Waals surface area contributed by atoms with Crippen LogP contribution in [0.2, 0.25) is 0 Å². The lowest BCUT2D eigenvalue weighted by Crippen LogP contribution is -2.69. The summed E-state index contributed by atoms with van der Waals surface area (Å²) in [5.74, 6) is -65.0. The highest BCUT2D eigenvalue weighted by atomic mass is 19.4. The zero-order valence-corrected chi connectivity index (χ0v) is 27.9. The lowest BCUT2D eigenvalue weighted by molar-refractivity contribution is -0.586. The van der Waals surface area contributed by atoms with Crippen LogP contribution in [0.15, 0.2) is 23.6 Å². The number of rotatable bonds is 24. The van der Waals surface area contributed by atoms with Gasteiger partial charge in [0.2, 0.25) is 17.5 Å². The molecular weight excluding hydrogens is 998 g/mol. The van der Waals surface area contributed by atoms with E-state index < -0.39 is 127 Å². The third kappa shape index (κ3) is 10.4. The number of hydrogen-bond donors (Lipinski definition) is 0. The Morgan fingerprint density at radius 1 is 0.371 bits per heavy atom. The van der Waals surface area contributed by atoms with Crippen LogP contribution < -0.4 is 0 Å². The van der Waals surface area contributed by atoms with E-state index in [-0.39, 0.29) is 12.8 Å². The highest BCUT2D eigenvalue weighted by Gasteiger charge is 2.90. The second-order valence-electron chi connectivity index (χ2n) is 11.2. The highest BCUT2D eigenvalue weighted by Crippen LogP contribution is 2.61. The van der Waals surface area contributed by atoms with Crippen LogP contribution in [-0.4, -0.2) is 90.6 Å². The predicted octanol–water partition coefficient (Wildman–Crippen LogP) is 13.8. The molecule has 370 valence electrons. The summed E-state index contributed by atoms with van der Waals surface area (Å²) < 4.78 is 463. The van der Waals surface area contributed by atoms with Crippen LogP contribution in [0.4, 0.5) is 149 Å². The summed E-state index contributed by atoms with van der Waals surface area (Å²) in [5, 5.41) is 0. The summed E-state index contributed by atoms with van der Waals surface area (Å²) in [4.78, 5) is 0. The Labute approximate surface area is 316 Å². The molecule has 0 spiro atoms. The van der Waals surface area contributed by atoms with E-state index in [0.717, 1.165) is 14.2 Å². The molecule has 0 saturated carbocycles. The molecule has 62 heavy (non-hydrogen) atoms. The SMILES string of the molecule is CCCCCC(F)C(F)(F)C(F)(F)C(F)(F)OC(F)(F)C(F)(F)OC(F)(F)C(F)(F)OC(F)(F)C(F)(F)OC(F)(F)C(F)(F)C(F)(F)C(F)(F)C(F)(F)/C(F)=C(\F)C(F)=C(F)F. The Balaban J connectivity index is 6.78. The number of unbranched alkanes of at least 4 members (excludes halogenated alkanes) is 2.